The average Bonchev–Trinajstić information content (AvgIpc) is 2.85. The summed E-state index contributed by atoms with van der Waals surface area (Å²) in [6.07, 6.45) is 0.870. The quantitative estimate of drug-likeness (QED) is 0.880. The fourth-order valence-corrected chi connectivity index (χ4v) is 2.29. The Morgan fingerprint density at radius 2 is 2.17 bits per heavy atom. The average molecular weight is 243 g/mol. The zero-order valence-corrected chi connectivity index (χ0v) is 10.2. The summed E-state index contributed by atoms with van der Waals surface area (Å²) in [5.41, 5.74) is 4.04. The van der Waals surface area contributed by atoms with Crippen molar-refractivity contribution in [3.8, 4) is 11.4 Å². The molecule has 0 atom stereocenters. The highest BCUT2D eigenvalue weighted by Crippen LogP contribution is 2.23. The largest absolute Gasteiger partial charge is 0.307 e. The Hall–Kier alpha value is -1.81. The van der Waals surface area contributed by atoms with Crippen LogP contribution in [-0.4, -0.2) is 9.97 Å². The third kappa shape index (κ3) is 1.88. The number of hydrogen-bond donors (Lipinski definition) is 1. The second-order valence-corrected chi connectivity index (χ2v) is 4.39. The van der Waals surface area contributed by atoms with Gasteiger partial charge in [0.15, 0.2) is 5.82 Å². The van der Waals surface area contributed by atoms with Crippen LogP contribution < -0.4 is 5.32 Å². The first-order chi connectivity index (χ1) is 8.78. The topological polar surface area (TPSA) is 37.8 Å². The van der Waals surface area contributed by atoms with E-state index >= 15 is 0 Å². The van der Waals surface area contributed by atoms with Crippen LogP contribution in [0.2, 0.25) is 0 Å². The Kier molecular flexibility index (Phi) is 2.80. The highest BCUT2D eigenvalue weighted by molar-refractivity contribution is 5.56. The number of aromatic nitrogens is 2. The van der Waals surface area contributed by atoms with Gasteiger partial charge in [-0.1, -0.05) is 19.1 Å². The van der Waals surface area contributed by atoms with Crippen LogP contribution in [0.15, 0.2) is 24.3 Å². The molecule has 1 aromatic carbocycles. The molecule has 92 valence electrons. The molecule has 1 aliphatic heterocycles. The minimum Gasteiger partial charge on any atom is -0.307 e. The number of nitrogens with zero attached hydrogens (tertiary/aromatic N) is 2. The van der Waals surface area contributed by atoms with Gasteiger partial charge in [0, 0.05) is 29.9 Å². The molecule has 3 nitrogen and oxygen atoms in total. The van der Waals surface area contributed by atoms with Crippen molar-refractivity contribution >= 4 is 0 Å². The van der Waals surface area contributed by atoms with Crippen molar-refractivity contribution in [2.45, 2.75) is 26.4 Å². The SMILES string of the molecule is CCc1nc(-c2cccc(F)c2)nc2c1CNC2. The van der Waals surface area contributed by atoms with Crippen LogP contribution in [0, 0.1) is 5.82 Å². The normalized spacial score (nSPS) is 13.7. The lowest BCUT2D eigenvalue weighted by molar-refractivity contribution is 0.628. The van der Waals surface area contributed by atoms with Crippen LogP contribution in [0.3, 0.4) is 0 Å². The molecule has 18 heavy (non-hydrogen) atoms. The maximum absolute atomic E-state index is 13.2. The Balaban J connectivity index is 2.13. The molecule has 0 saturated heterocycles. The second-order valence-electron chi connectivity index (χ2n) is 4.39. The van der Waals surface area contributed by atoms with Gasteiger partial charge in [-0.2, -0.15) is 0 Å². The Morgan fingerprint density at radius 3 is 2.94 bits per heavy atom. The molecule has 0 saturated carbocycles. The lowest BCUT2D eigenvalue weighted by Crippen LogP contribution is -2.02. The van der Waals surface area contributed by atoms with E-state index in [1.807, 2.05) is 6.07 Å². The number of halogens is 1. The Labute approximate surface area is 105 Å². The first-order valence-electron chi connectivity index (χ1n) is 6.13. The molecular formula is C14H14FN3. The van der Waals surface area contributed by atoms with E-state index in [2.05, 4.69) is 22.2 Å². The number of rotatable bonds is 2. The lowest BCUT2D eigenvalue weighted by atomic mass is 10.1. The minimum atomic E-state index is -0.257. The van der Waals surface area contributed by atoms with Crippen LogP contribution in [-0.2, 0) is 19.5 Å². The molecule has 2 heterocycles. The molecule has 0 spiro atoms. The molecule has 4 heteroatoms. The maximum atomic E-state index is 13.2. The molecule has 0 fully saturated rings. The van der Waals surface area contributed by atoms with Crippen LogP contribution in [0.25, 0.3) is 11.4 Å². The van der Waals surface area contributed by atoms with E-state index in [0.29, 0.717) is 5.82 Å². The first kappa shape index (κ1) is 11.3. The van der Waals surface area contributed by atoms with E-state index in [0.717, 1.165) is 36.5 Å². The van der Waals surface area contributed by atoms with Gasteiger partial charge in [0.1, 0.15) is 5.82 Å². The van der Waals surface area contributed by atoms with Crippen molar-refractivity contribution in [3.05, 3.63) is 47.0 Å². The van der Waals surface area contributed by atoms with Crippen molar-refractivity contribution in [3.63, 3.8) is 0 Å². The number of aryl methyl sites for hydroxylation is 1. The van der Waals surface area contributed by atoms with Gasteiger partial charge in [0.05, 0.1) is 5.69 Å². The van der Waals surface area contributed by atoms with Crippen molar-refractivity contribution in [1.82, 2.24) is 15.3 Å². The number of benzene rings is 1. The van der Waals surface area contributed by atoms with Gasteiger partial charge >= 0.3 is 0 Å². The summed E-state index contributed by atoms with van der Waals surface area (Å²) in [4.78, 5) is 9.09. The third-order valence-electron chi connectivity index (χ3n) is 3.19. The predicted octanol–water partition coefficient (Wildman–Crippen LogP) is 2.45. The zero-order chi connectivity index (χ0) is 12.5. The van der Waals surface area contributed by atoms with Crippen molar-refractivity contribution < 1.29 is 4.39 Å². The maximum Gasteiger partial charge on any atom is 0.159 e. The summed E-state index contributed by atoms with van der Waals surface area (Å²) >= 11 is 0. The third-order valence-corrected chi connectivity index (χ3v) is 3.19. The van der Waals surface area contributed by atoms with Gasteiger partial charge in [-0.05, 0) is 18.6 Å². The molecule has 1 aromatic heterocycles. The molecule has 2 aromatic rings. The van der Waals surface area contributed by atoms with Gasteiger partial charge in [-0.15, -0.1) is 0 Å². The monoisotopic (exact) mass is 243 g/mol. The van der Waals surface area contributed by atoms with Gasteiger partial charge < -0.3 is 5.32 Å². The van der Waals surface area contributed by atoms with E-state index in [4.69, 9.17) is 0 Å². The summed E-state index contributed by atoms with van der Waals surface area (Å²) in [5.74, 6) is 0.363. The highest BCUT2D eigenvalue weighted by Gasteiger charge is 2.18. The molecule has 0 unspecified atom stereocenters. The van der Waals surface area contributed by atoms with Gasteiger partial charge in [-0.3, -0.25) is 0 Å². The van der Waals surface area contributed by atoms with E-state index in [1.165, 1.54) is 17.7 Å². The first-order valence-corrected chi connectivity index (χ1v) is 6.13. The van der Waals surface area contributed by atoms with E-state index in [-0.39, 0.29) is 5.82 Å². The lowest BCUT2D eigenvalue weighted by Gasteiger charge is -2.08. The van der Waals surface area contributed by atoms with Gasteiger partial charge in [0.25, 0.3) is 0 Å². The zero-order valence-electron chi connectivity index (χ0n) is 10.2. The number of fused-ring (bicyclic) bond motifs is 1. The van der Waals surface area contributed by atoms with Crippen molar-refractivity contribution in [2.24, 2.45) is 0 Å². The van der Waals surface area contributed by atoms with Crippen LogP contribution in [0.4, 0.5) is 4.39 Å². The smallest absolute Gasteiger partial charge is 0.159 e. The Bertz CT molecular complexity index is 596. The molecule has 3 rings (SSSR count). The molecule has 0 bridgehead atoms. The molecule has 1 N–H and O–H groups in total. The van der Waals surface area contributed by atoms with Gasteiger partial charge in [-0.25, -0.2) is 14.4 Å². The number of hydrogen-bond acceptors (Lipinski definition) is 3. The van der Waals surface area contributed by atoms with E-state index in [9.17, 15) is 4.39 Å². The fourth-order valence-electron chi connectivity index (χ4n) is 2.29. The standard InChI is InChI=1S/C14H14FN3/c1-2-12-11-7-16-8-13(11)18-14(17-12)9-4-3-5-10(15)6-9/h3-6,16H,2,7-8H2,1H3. The molecule has 1 aliphatic rings. The molecule has 0 aliphatic carbocycles. The van der Waals surface area contributed by atoms with Crippen LogP contribution >= 0.6 is 0 Å². The van der Waals surface area contributed by atoms with Crippen LogP contribution in [0.5, 0.6) is 0 Å². The highest BCUT2D eigenvalue weighted by atomic mass is 19.1. The summed E-state index contributed by atoms with van der Waals surface area (Å²) in [6, 6.07) is 6.43. The predicted molar refractivity (Wildman–Crippen MR) is 67.3 cm³/mol. The summed E-state index contributed by atoms with van der Waals surface area (Å²) in [5, 5.41) is 3.28. The fraction of sp³-hybridized carbons (Fsp3) is 0.286. The van der Waals surface area contributed by atoms with E-state index < -0.39 is 0 Å². The second kappa shape index (κ2) is 4.46. The molecule has 0 radical (unpaired) electrons. The van der Waals surface area contributed by atoms with Crippen molar-refractivity contribution in [1.29, 1.82) is 0 Å². The summed E-state index contributed by atoms with van der Waals surface area (Å²) < 4.78 is 13.2. The molecule has 0 amide bonds. The summed E-state index contributed by atoms with van der Waals surface area (Å²) in [6.45, 7) is 3.69. The molecular weight excluding hydrogens is 229 g/mol. The minimum absolute atomic E-state index is 0.257. The summed E-state index contributed by atoms with van der Waals surface area (Å²) in [7, 11) is 0. The van der Waals surface area contributed by atoms with Crippen LogP contribution in [0.1, 0.15) is 23.9 Å². The number of nitrogens with one attached hydrogen (secondary N) is 1. The Morgan fingerprint density at radius 1 is 1.28 bits per heavy atom. The van der Waals surface area contributed by atoms with Gasteiger partial charge in [0.2, 0.25) is 0 Å². The van der Waals surface area contributed by atoms with Crippen molar-refractivity contribution in [2.75, 3.05) is 0 Å². The van der Waals surface area contributed by atoms with E-state index in [1.54, 1.807) is 6.07 Å².